The van der Waals surface area contributed by atoms with Gasteiger partial charge in [-0.1, -0.05) is 0 Å². The minimum Gasteiger partial charge on any atom is -0.448 e. The first kappa shape index (κ1) is 30.6. The molecule has 0 spiro atoms. The molecule has 3 N–H and O–H groups in total. The van der Waals surface area contributed by atoms with Crippen LogP contribution in [-0.2, 0) is 16.7 Å². The Morgan fingerprint density at radius 3 is 2.18 bits per heavy atom. The van der Waals surface area contributed by atoms with Gasteiger partial charge in [0.2, 0.25) is 0 Å². The fraction of sp³-hybridized carbons (Fsp3) is 0.571. The van der Waals surface area contributed by atoms with E-state index in [2.05, 4.69) is 29.3 Å². The zero-order chi connectivity index (χ0) is 29.3. The molecule has 1 saturated carbocycles. The van der Waals surface area contributed by atoms with Gasteiger partial charge in [-0.15, -0.1) is 0 Å². The maximum atomic E-state index is 13.1. The van der Waals surface area contributed by atoms with Crippen LogP contribution in [0.4, 0.5) is 0 Å². The van der Waals surface area contributed by atoms with Crippen molar-refractivity contribution in [3.05, 3.63) is 56.0 Å². The Kier molecular flexibility index (Phi) is 9.19. The third-order valence-electron chi connectivity index (χ3n) is 7.61. The number of H-pyrrole nitrogens is 1. The molecule has 11 heteroatoms. The molecular formula is C28H41N3O7S. The number of aryl methyl sites for hydroxylation is 3. The third kappa shape index (κ3) is 7.40. The van der Waals surface area contributed by atoms with Crippen molar-refractivity contribution in [1.29, 1.82) is 0 Å². The Balaban J connectivity index is 0.000000771. The average Bonchev–Trinajstić information content (AvgIpc) is 3.19. The number of hydrogen-bond donors (Lipinski definition) is 3. The molecule has 4 rings (SSSR count). The van der Waals surface area contributed by atoms with E-state index in [4.69, 9.17) is 14.0 Å². The minimum absolute atomic E-state index is 0.167. The van der Waals surface area contributed by atoms with Gasteiger partial charge in [-0.2, -0.15) is 8.42 Å². The monoisotopic (exact) mass is 563 g/mol. The van der Waals surface area contributed by atoms with Gasteiger partial charge in [0.05, 0.1) is 6.26 Å². The number of ether oxygens (including phenoxy) is 2. The molecule has 1 aliphatic carbocycles. The smallest absolute Gasteiger partial charge is 0.261 e. The predicted octanol–water partition coefficient (Wildman–Crippen LogP) is 3.65. The first-order valence-corrected chi connectivity index (χ1v) is 14.9. The van der Waals surface area contributed by atoms with Crippen molar-refractivity contribution in [3.63, 3.8) is 0 Å². The number of hydrogen-bond acceptors (Lipinski definition) is 7. The van der Waals surface area contributed by atoms with E-state index >= 15 is 0 Å². The van der Waals surface area contributed by atoms with Crippen LogP contribution < -0.4 is 20.3 Å². The van der Waals surface area contributed by atoms with E-state index in [1.54, 1.807) is 0 Å². The highest BCUT2D eigenvalue weighted by Crippen LogP contribution is 2.50. The summed E-state index contributed by atoms with van der Waals surface area (Å²) in [6.07, 6.45) is 5.05. The van der Waals surface area contributed by atoms with Crippen molar-refractivity contribution in [2.45, 2.75) is 78.7 Å². The molecule has 1 aromatic carbocycles. The third-order valence-corrected chi connectivity index (χ3v) is 7.61. The Hall–Kier alpha value is -2.89. The highest BCUT2D eigenvalue weighted by atomic mass is 32.2. The topological polar surface area (TPSA) is 138 Å². The fourth-order valence-corrected chi connectivity index (χ4v) is 5.42. The van der Waals surface area contributed by atoms with Crippen molar-refractivity contribution in [2.75, 3.05) is 20.4 Å². The average molecular weight is 564 g/mol. The molecule has 2 aliphatic rings. The standard InChI is InChI=1S/C27H37N3O4.CH4O3S/c1-15-12-17(3)29-26(32)22(15)14-28-25(31)21-13-16(2)23-24(18(21)4)34-27(5,33-23)19-8-10-20(11-9-19)30(6)7;1-5(2,3)4/h12-13,19-20H,8-11,14H2,1-7H3,(H,28,31)(H,29,32);1H3,(H,2,3,4)/t19-,20-,27-;/m0./s1. The van der Waals surface area contributed by atoms with Crippen LogP contribution in [0.5, 0.6) is 11.5 Å². The number of rotatable bonds is 5. The van der Waals surface area contributed by atoms with Gasteiger partial charge >= 0.3 is 0 Å². The molecule has 10 nitrogen and oxygen atoms in total. The quantitative estimate of drug-likeness (QED) is 0.469. The number of carbonyl (C=O) groups is 1. The highest BCUT2D eigenvalue weighted by Gasteiger charge is 2.47. The number of carbonyl (C=O) groups excluding carboxylic acids is 1. The fourth-order valence-electron chi connectivity index (χ4n) is 5.42. The lowest BCUT2D eigenvalue weighted by Gasteiger charge is -2.39. The van der Waals surface area contributed by atoms with Crippen LogP contribution in [0.2, 0.25) is 0 Å². The summed E-state index contributed by atoms with van der Waals surface area (Å²) < 4.78 is 38.8. The molecule has 2 heterocycles. The molecule has 1 atom stereocenters. The second-order valence-corrected chi connectivity index (χ2v) is 12.5. The number of nitrogens with zero attached hydrogens (tertiary/aromatic N) is 1. The van der Waals surface area contributed by atoms with E-state index in [1.165, 1.54) is 0 Å². The summed E-state index contributed by atoms with van der Waals surface area (Å²) in [5, 5.41) is 2.92. The predicted molar refractivity (Wildman–Crippen MR) is 150 cm³/mol. The SMILES string of the molecule is CS(=O)(=O)O.Cc1cc(C)c(CNC(=O)c2cc(C)c3c(c2C)O[C@@](C)([C@H]2CC[C@H](N(C)C)CC2)O3)c(=O)[nH]1. The summed E-state index contributed by atoms with van der Waals surface area (Å²) >= 11 is 0. The zero-order valence-corrected chi connectivity index (χ0v) is 24.9. The van der Waals surface area contributed by atoms with Gasteiger partial charge in [0.25, 0.3) is 27.4 Å². The summed E-state index contributed by atoms with van der Waals surface area (Å²) in [4.78, 5) is 30.5. The number of aromatic amines is 1. The second kappa shape index (κ2) is 11.7. The lowest BCUT2D eigenvalue weighted by molar-refractivity contribution is -0.123. The van der Waals surface area contributed by atoms with Crippen LogP contribution in [0.1, 0.15) is 70.9 Å². The largest absolute Gasteiger partial charge is 0.448 e. The summed E-state index contributed by atoms with van der Waals surface area (Å²) in [5.74, 6) is 0.732. The lowest BCUT2D eigenvalue weighted by atomic mass is 9.81. The van der Waals surface area contributed by atoms with E-state index in [0.29, 0.717) is 35.1 Å². The Labute approximate surface area is 230 Å². The molecule has 1 aliphatic heterocycles. The maximum absolute atomic E-state index is 13.1. The van der Waals surface area contributed by atoms with Gasteiger partial charge in [-0.3, -0.25) is 14.1 Å². The molecule has 1 fully saturated rings. The number of aromatic nitrogens is 1. The van der Waals surface area contributed by atoms with Gasteiger partial charge in [-0.05, 0) is 90.7 Å². The number of pyridine rings is 1. The van der Waals surface area contributed by atoms with Crippen molar-refractivity contribution < 1.29 is 27.2 Å². The van der Waals surface area contributed by atoms with Crippen molar-refractivity contribution in [3.8, 4) is 11.5 Å². The van der Waals surface area contributed by atoms with Gasteiger partial charge in [0.15, 0.2) is 11.5 Å². The number of nitrogens with one attached hydrogen (secondary N) is 2. The number of benzene rings is 1. The van der Waals surface area contributed by atoms with Gasteiger partial charge in [-0.25, -0.2) is 0 Å². The lowest BCUT2D eigenvalue weighted by Crippen LogP contribution is -2.46. The van der Waals surface area contributed by atoms with Gasteiger partial charge in [0.1, 0.15) is 0 Å². The zero-order valence-electron chi connectivity index (χ0n) is 24.1. The molecule has 0 radical (unpaired) electrons. The Bertz CT molecular complexity index is 1380. The van der Waals surface area contributed by atoms with E-state index in [9.17, 15) is 18.0 Å². The van der Waals surface area contributed by atoms with Crippen LogP contribution in [0.25, 0.3) is 0 Å². The first-order valence-electron chi connectivity index (χ1n) is 13.1. The van der Waals surface area contributed by atoms with Crippen LogP contribution >= 0.6 is 0 Å². The molecule has 1 amide bonds. The van der Waals surface area contributed by atoms with Gasteiger partial charge in [0, 0.05) is 47.8 Å². The summed E-state index contributed by atoms with van der Waals surface area (Å²) in [5.41, 5.74) is 4.24. The first-order chi connectivity index (χ1) is 18.0. The van der Waals surface area contributed by atoms with Crippen molar-refractivity contribution in [1.82, 2.24) is 15.2 Å². The summed E-state index contributed by atoms with van der Waals surface area (Å²) in [6.45, 7) is 9.76. The van der Waals surface area contributed by atoms with Crippen LogP contribution in [0, 0.1) is 33.6 Å². The highest BCUT2D eigenvalue weighted by molar-refractivity contribution is 7.85. The number of amides is 1. The second-order valence-electron chi connectivity index (χ2n) is 11.1. The molecule has 0 bridgehead atoms. The molecule has 216 valence electrons. The van der Waals surface area contributed by atoms with Crippen LogP contribution in [0.3, 0.4) is 0 Å². The van der Waals surface area contributed by atoms with E-state index in [-0.39, 0.29) is 18.0 Å². The molecule has 1 aromatic heterocycles. The molecule has 0 saturated heterocycles. The van der Waals surface area contributed by atoms with E-state index < -0.39 is 15.9 Å². The summed E-state index contributed by atoms with van der Waals surface area (Å²) in [7, 11) is 0.612. The Morgan fingerprint density at radius 2 is 1.64 bits per heavy atom. The Morgan fingerprint density at radius 1 is 1.08 bits per heavy atom. The van der Waals surface area contributed by atoms with E-state index in [1.807, 2.05) is 46.8 Å². The minimum atomic E-state index is -3.67. The normalized spacial score (nSPS) is 22.3. The molecular weight excluding hydrogens is 522 g/mol. The molecule has 39 heavy (non-hydrogen) atoms. The van der Waals surface area contributed by atoms with Crippen molar-refractivity contribution >= 4 is 16.0 Å². The van der Waals surface area contributed by atoms with Crippen LogP contribution in [-0.4, -0.2) is 60.9 Å². The maximum Gasteiger partial charge on any atom is 0.261 e. The van der Waals surface area contributed by atoms with E-state index in [0.717, 1.165) is 53.8 Å². The summed E-state index contributed by atoms with van der Waals surface area (Å²) in [6, 6.07) is 4.37. The van der Waals surface area contributed by atoms with Crippen LogP contribution in [0.15, 0.2) is 16.9 Å². The molecule has 2 aromatic rings. The van der Waals surface area contributed by atoms with Gasteiger partial charge < -0.3 is 24.7 Å². The van der Waals surface area contributed by atoms with Crippen molar-refractivity contribution in [2.24, 2.45) is 5.92 Å². The molecule has 0 unspecified atom stereocenters. The number of fused-ring (bicyclic) bond motifs is 1.